The molecule has 1 unspecified atom stereocenters. The van der Waals surface area contributed by atoms with Crippen molar-refractivity contribution in [1.82, 2.24) is 15.8 Å². The van der Waals surface area contributed by atoms with Gasteiger partial charge in [-0.2, -0.15) is 0 Å². The summed E-state index contributed by atoms with van der Waals surface area (Å²) >= 11 is 12.2. The van der Waals surface area contributed by atoms with Crippen molar-refractivity contribution in [1.29, 1.82) is 0 Å². The summed E-state index contributed by atoms with van der Waals surface area (Å²) in [5, 5.41) is 5.59. The van der Waals surface area contributed by atoms with Gasteiger partial charge in [0.1, 0.15) is 0 Å². The Labute approximate surface area is 166 Å². The summed E-state index contributed by atoms with van der Waals surface area (Å²) in [7, 11) is 0. The number of hydrazine groups is 1. The van der Waals surface area contributed by atoms with Crippen molar-refractivity contribution in [2.75, 3.05) is 6.61 Å². The minimum Gasteiger partial charge on any atom is -0.371 e. The van der Waals surface area contributed by atoms with E-state index in [4.69, 9.17) is 27.9 Å². The molecule has 4 rings (SSSR count). The molecule has 0 aromatic heterocycles. The molecule has 1 atom stereocenters. The average molecular weight is 403 g/mol. The second-order valence-electron chi connectivity index (χ2n) is 6.06. The Morgan fingerprint density at radius 2 is 1.89 bits per heavy atom. The Morgan fingerprint density at radius 1 is 1.07 bits per heavy atom. The third kappa shape index (κ3) is 3.78. The van der Waals surface area contributed by atoms with Gasteiger partial charge in [0.2, 0.25) is 6.29 Å². The summed E-state index contributed by atoms with van der Waals surface area (Å²) in [6.07, 6.45) is 0.984. The monoisotopic (exact) mass is 402 g/mol. The van der Waals surface area contributed by atoms with Gasteiger partial charge in [0.15, 0.2) is 5.84 Å². The Kier molecular flexibility index (Phi) is 5.03. The third-order valence-corrected chi connectivity index (χ3v) is 5.02. The summed E-state index contributed by atoms with van der Waals surface area (Å²) in [5.41, 5.74) is 5.39. The van der Waals surface area contributed by atoms with Crippen molar-refractivity contribution in [2.45, 2.75) is 12.9 Å². The Bertz CT molecular complexity index is 931. The van der Waals surface area contributed by atoms with Gasteiger partial charge in [0.05, 0.1) is 23.3 Å². The number of nitrogens with zero attached hydrogens (tertiary/aromatic N) is 2. The fourth-order valence-electron chi connectivity index (χ4n) is 2.83. The summed E-state index contributed by atoms with van der Waals surface area (Å²) in [4.78, 5) is 16.9. The maximum Gasteiger partial charge on any atom is 0.270 e. The van der Waals surface area contributed by atoms with Gasteiger partial charge in [-0.3, -0.25) is 10.2 Å². The van der Waals surface area contributed by atoms with E-state index in [0.717, 1.165) is 11.1 Å². The minimum absolute atomic E-state index is 0.187. The molecule has 27 heavy (non-hydrogen) atoms. The van der Waals surface area contributed by atoms with Crippen LogP contribution < -0.4 is 10.7 Å². The zero-order valence-corrected chi connectivity index (χ0v) is 15.7. The van der Waals surface area contributed by atoms with E-state index in [2.05, 4.69) is 15.7 Å². The number of hydrogen-bond donors (Lipinski definition) is 2. The maximum absolute atomic E-state index is 12.4. The van der Waals surface area contributed by atoms with Crippen LogP contribution in [0, 0.1) is 0 Å². The molecule has 8 heteroatoms. The summed E-state index contributed by atoms with van der Waals surface area (Å²) in [6.45, 7) is 0.521. The summed E-state index contributed by atoms with van der Waals surface area (Å²) in [5.74, 6) is 0.454. The predicted molar refractivity (Wildman–Crippen MR) is 104 cm³/mol. The first-order valence-corrected chi connectivity index (χ1v) is 9.08. The van der Waals surface area contributed by atoms with Crippen LogP contribution in [0.5, 0.6) is 0 Å². The van der Waals surface area contributed by atoms with Gasteiger partial charge in [-0.25, -0.2) is 10.0 Å². The van der Waals surface area contributed by atoms with Crippen molar-refractivity contribution in [3.8, 4) is 0 Å². The molecule has 0 aliphatic carbocycles. The number of benzene rings is 2. The normalized spacial score (nSPS) is 18.4. The molecule has 6 nitrogen and oxygen atoms in total. The molecular formula is C19H16Cl2N4O2. The van der Waals surface area contributed by atoms with E-state index in [-0.39, 0.29) is 19.1 Å². The number of rotatable bonds is 5. The van der Waals surface area contributed by atoms with Gasteiger partial charge in [0.25, 0.3) is 5.91 Å². The van der Waals surface area contributed by atoms with Crippen LogP contribution in [-0.2, 0) is 16.1 Å². The second kappa shape index (κ2) is 7.60. The zero-order chi connectivity index (χ0) is 18.8. The van der Waals surface area contributed by atoms with Crippen LogP contribution in [0.3, 0.4) is 0 Å². The van der Waals surface area contributed by atoms with E-state index in [0.29, 0.717) is 21.6 Å². The number of carbonyl (C=O) groups excluding carboxylic acids is 1. The highest BCUT2D eigenvalue weighted by molar-refractivity contribution is 6.42. The molecule has 0 radical (unpaired) electrons. The Morgan fingerprint density at radius 3 is 2.70 bits per heavy atom. The maximum atomic E-state index is 12.4. The molecular weight excluding hydrogens is 387 g/mol. The fourth-order valence-corrected chi connectivity index (χ4v) is 3.21. The largest absolute Gasteiger partial charge is 0.371 e. The Balaban J connectivity index is 1.39. The lowest BCUT2D eigenvalue weighted by molar-refractivity contribution is -0.131. The summed E-state index contributed by atoms with van der Waals surface area (Å²) < 4.78 is 5.69. The molecule has 2 aliphatic heterocycles. The van der Waals surface area contributed by atoms with E-state index in [1.807, 2.05) is 42.5 Å². The van der Waals surface area contributed by atoms with Gasteiger partial charge < -0.3 is 10.1 Å². The van der Waals surface area contributed by atoms with Crippen molar-refractivity contribution >= 4 is 34.9 Å². The van der Waals surface area contributed by atoms with E-state index < -0.39 is 6.29 Å². The molecule has 2 aliphatic rings. The van der Waals surface area contributed by atoms with Gasteiger partial charge in [-0.05, 0) is 11.6 Å². The lowest BCUT2D eigenvalue weighted by Crippen LogP contribution is -2.53. The van der Waals surface area contributed by atoms with Crippen LogP contribution in [0.4, 0.5) is 0 Å². The number of amides is 1. The number of ether oxygens (including phenoxy) is 1. The molecule has 1 amide bonds. The van der Waals surface area contributed by atoms with Crippen molar-refractivity contribution in [3.05, 3.63) is 81.5 Å². The number of carbonyl (C=O) groups is 1. The number of aliphatic imine (C=N–C) groups is 1. The first-order chi connectivity index (χ1) is 13.1. The van der Waals surface area contributed by atoms with E-state index in [9.17, 15) is 4.79 Å². The van der Waals surface area contributed by atoms with Crippen LogP contribution >= 0.6 is 23.2 Å². The van der Waals surface area contributed by atoms with Gasteiger partial charge >= 0.3 is 0 Å². The fraction of sp³-hybridized carbons (Fsp3) is 0.158. The third-order valence-electron chi connectivity index (χ3n) is 4.17. The van der Waals surface area contributed by atoms with Crippen molar-refractivity contribution in [2.24, 2.45) is 4.99 Å². The van der Waals surface area contributed by atoms with Gasteiger partial charge in [-0.1, -0.05) is 65.7 Å². The predicted octanol–water partition coefficient (Wildman–Crippen LogP) is 3.07. The van der Waals surface area contributed by atoms with E-state index in [1.165, 1.54) is 11.1 Å². The highest BCUT2D eigenvalue weighted by atomic mass is 35.5. The van der Waals surface area contributed by atoms with E-state index in [1.54, 1.807) is 6.07 Å². The molecule has 2 heterocycles. The average Bonchev–Trinajstić information content (AvgIpc) is 3.11. The molecule has 2 aromatic rings. The highest BCUT2D eigenvalue weighted by Crippen LogP contribution is 2.26. The highest BCUT2D eigenvalue weighted by Gasteiger charge is 2.33. The lowest BCUT2D eigenvalue weighted by Gasteiger charge is -2.28. The molecule has 2 aromatic carbocycles. The molecule has 0 saturated heterocycles. The first-order valence-electron chi connectivity index (χ1n) is 8.32. The first kappa shape index (κ1) is 17.9. The minimum atomic E-state index is -0.508. The van der Waals surface area contributed by atoms with E-state index >= 15 is 0 Å². The molecule has 0 spiro atoms. The molecule has 0 fully saturated rings. The topological polar surface area (TPSA) is 66.0 Å². The quantitative estimate of drug-likeness (QED) is 0.806. The number of nitrogens with one attached hydrogen (secondary N) is 2. The summed E-state index contributed by atoms with van der Waals surface area (Å²) in [6, 6.07) is 15.0. The van der Waals surface area contributed by atoms with Crippen LogP contribution in [0.25, 0.3) is 0 Å². The van der Waals surface area contributed by atoms with Crippen molar-refractivity contribution < 1.29 is 9.53 Å². The number of halogens is 2. The molecule has 138 valence electrons. The SMILES string of the molecule is O=C1C=C(COCc2cccc(Cl)c2Cl)NC2N=C(c3ccccc3)NN12. The lowest BCUT2D eigenvalue weighted by atomic mass is 10.2. The van der Waals surface area contributed by atoms with Gasteiger partial charge in [-0.15, -0.1) is 0 Å². The number of amidine groups is 1. The van der Waals surface area contributed by atoms with Crippen LogP contribution in [0.1, 0.15) is 11.1 Å². The molecule has 2 N–H and O–H groups in total. The number of hydrogen-bond acceptors (Lipinski definition) is 5. The smallest absolute Gasteiger partial charge is 0.270 e. The Hall–Kier alpha value is -2.54. The molecule has 0 saturated carbocycles. The number of fused-ring (bicyclic) bond motifs is 1. The van der Waals surface area contributed by atoms with Crippen LogP contribution in [0.2, 0.25) is 10.0 Å². The van der Waals surface area contributed by atoms with Crippen LogP contribution in [-0.4, -0.2) is 29.6 Å². The standard InChI is InChI=1S/C19H16Cl2N4O2/c20-15-8-4-7-13(17(15)21)10-27-11-14-9-16(26)25-19(22-14)23-18(24-25)12-5-2-1-3-6-12/h1-9,19,22H,10-11H2,(H,23,24). The second-order valence-corrected chi connectivity index (χ2v) is 6.84. The van der Waals surface area contributed by atoms with Gasteiger partial charge in [0, 0.05) is 17.3 Å². The molecule has 0 bridgehead atoms. The van der Waals surface area contributed by atoms with Crippen molar-refractivity contribution in [3.63, 3.8) is 0 Å². The van der Waals surface area contributed by atoms with Crippen LogP contribution in [0.15, 0.2) is 65.3 Å². The zero-order valence-electron chi connectivity index (χ0n) is 14.2.